The van der Waals surface area contributed by atoms with Crippen molar-refractivity contribution in [2.24, 2.45) is 5.92 Å². The Balaban J connectivity index is 2.07. The largest absolute Gasteiger partial charge is 0.396 e. The topological polar surface area (TPSA) is 45.2 Å². The van der Waals surface area contributed by atoms with E-state index in [9.17, 15) is 0 Å². The van der Waals surface area contributed by atoms with E-state index in [1.54, 1.807) is 6.20 Å². The molecule has 1 aromatic heterocycles. The van der Waals surface area contributed by atoms with E-state index in [4.69, 9.17) is 16.7 Å². The lowest BCUT2D eigenvalue weighted by Gasteiger charge is -2.08. The van der Waals surface area contributed by atoms with Crippen molar-refractivity contribution in [2.45, 2.75) is 19.4 Å². The number of aliphatic hydroxyl groups excluding tert-OH is 1. The van der Waals surface area contributed by atoms with E-state index in [1.165, 1.54) is 0 Å². The van der Waals surface area contributed by atoms with Crippen LogP contribution in [0.5, 0.6) is 0 Å². The van der Waals surface area contributed by atoms with Crippen molar-refractivity contribution in [1.29, 1.82) is 0 Å². The molecule has 0 bridgehead atoms. The Labute approximate surface area is 88.1 Å². The van der Waals surface area contributed by atoms with Crippen LogP contribution in [-0.2, 0) is 0 Å². The van der Waals surface area contributed by atoms with Gasteiger partial charge in [-0.15, -0.1) is 0 Å². The molecule has 0 amide bonds. The first kappa shape index (κ1) is 9.74. The first-order valence-electron chi connectivity index (χ1n) is 4.71. The zero-order chi connectivity index (χ0) is 10.1. The minimum absolute atomic E-state index is 0.249. The molecule has 14 heavy (non-hydrogen) atoms. The smallest absolute Gasteiger partial charge is 0.0849 e. The van der Waals surface area contributed by atoms with Gasteiger partial charge in [0, 0.05) is 24.8 Å². The molecule has 2 unspecified atom stereocenters. The summed E-state index contributed by atoms with van der Waals surface area (Å²) in [4.78, 5) is 4.08. The van der Waals surface area contributed by atoms with Gasteiger partial charge in [-0.3, -0.25) is 4.98 Å². The molecule has 0 radical (unpaired) electrons. The number of nitrogens with zero attached hydrogens (tertiary/aromatic N) is 1. The van der Waals surface area contributed by atoms with Gasteiger partial charge < -0.3 is 10.4 Å². The van der Waals surface area contributed by atoms with Gasteiger partial charge in [-0.2, -0.15) is 0 Å². The molecule has 1 aliphatic carbocycles. The van der Waals surface area contributed by atoms with E-state index >= 15 is 0 Å². The summed E-state index contributed by atoms with van der Waals surface area (Å²) in [6.07, 6.45) is 2.76. The number of hydrogen-bond acceptors (Lipinski definition) is 3. The van der Waals surface area contributed by atoms with Gasteiger partial charge in [0.2, 0.25) is 0 Å². The predicted octanol–water partition coefficient (Wildman–Crippen LogP) is 1.84. The molecule has 2 N–H and O–H groups in total. The highest BCUT2D eigenvalue weighted by molar-refractivity contribution is 6.33. The Bertz CT molecular complexity index is 343. The average molecular weight is 213 g/mol. The van der Waals surface area contributed by atoms with E-state index in [0.29, 0.717) is 17.0 Å². The van der Waals surface area contributed by atoms with Gasteiger partial charge in [-0.05, 0) is 19.4 Å². The third-order valence-electron chi connectivity index (χ3n) is 2.56. The minimum atomic E-state index is 0.249. The maximum Gasteiger partial charge on any atom is 0.0849 e. The fourth-order valence-corrected chi connectivity index (χ4v) is 1.65. The summed E-state index contributed by atoms with van der Waals surface area (Å²) in [7, 11) is 0. The minimum Gasteiger partial charge on any atom is -0.396 e. The summed E-state index contributed by atoms with van der Waals surface area (Å²) in [5.74, 6) is 0.388. The van der Waals surface area contributed by atoms with Crippen molar-refractivity contribution in [1.82, 2.24) is 4.98 Å². The highest BCUT2D eigenvalue weighted by Gasteiger charge is 2.36. The summed E-state index contributed by atoms with van der Waals surface area (Å²) >= 11 is 6.07. The maximum atomic E-state index is 8.89. The summed E-state index contributed by atoms with van der Waals surface area (Å²) in [5, 5.41) is 12.9. The fraction of sp³-hybridized carbons (Fsp3) is 0.500. The number of pyridine rings is 1. The van der Waals surface area contributed by atoms with Gasteiger partial charge in [0.15, 0.2) is 0 Å². The number of aromatic nitrogens is 1. The Kier molecular flexibility index (Phi) is 2.61. The van der Waals surface area contributed by atoms with E-state index in [2.05, 4.69) is 10.3 Å². The van der Waals surface area contributed by atoms with Crippen molar-refractivity contribution in [3.05, 3.63) is 23.0 Å². The predicted molar refractivity (Wildman–Crippen MR) is 56.6 cm³/mol. The molecule has 1 aliphatic rings. The lowest BCUT2D eigenvalue weighted by Crippen LogP contribution is -2.07. The Hall–Kier alpha value is -0.800. The Morgan fingerprint density at radius 2 is 2.50 bits per heavy atom. The molecule has 1 aromatic rings. The zero-order valence-corrected chi connectivity index (χ0v) is 8.75. The van der Waals surface area contributed by atoms with Crippen molar-refractivity contribution >= 4 is 17.3 Å². The molecule has 0 saturated heterocycles. The van der Waals surface area contributed by atoms with Crippen LogP contribution in [0.3, 0.4) is 0 Å². The monoisotopic (exact) mass is 212 g/mol. The van der Waals surface area contributed by atoms with Crippen LogP contribution in [0.4, 0.5) is 5.69 Å². The van der Waals surface area contributed by atoms with Gasteiger partial charge in [-0.1, -0.05) is 11.6 Å². The van der Waals surface area contributed by atoms with Crippen LogP contribution in [-0.4, -0.2) is 22.7 Å². The van der Waals surface area contributed by atoms with Crippen LogP contribution in [0, 0.1) is 12.8 Å². The molecule has 0 aromatic carbocycles. The molecule has 0 spiro atoms. The first-order chi connectivity index (χ1) is 6.72. The lowest BCUT2D eigenvalue weighted by molar-refractivity contribution is 0.275. The molecule has 76 valence electrons. The number of halogens is 1. The normalized spacial score (nSPS) is 24.8. The first-order valence-corrected chi connectivity index (χ1v) is 5.08. The lowest BCUT2D eigenvalue weighted by atomic mass is 10.3. The maximum absolute atomic E-state index is 8.89. The highest BCUT2D eigenvalue weighted by atomic mass is 35.5. The van der Waals surface area contributed by atoms with Crippen LogP contribution in [0.15, 0.2) is 12.3 Å². The average Bonchev–Trinajstić information content (AvgIpc) is 2.92. The second kappa shape index (κ2) is 3.75. The highest BCUT2D eigenvalue weighted by Crippen LogP contribution is 2.35. The fourth-order valence-electron chi connectivity index (χ4n) is 1.49. The quantitative estimate of drug-likeness (QED) is 0.804. The molecular weight excluding hydrogens is 200 g/mol. The second-order valence-corrected chi connectivity index (χ2v) is 4.07. The number of rotatable bonds is 3. The second-order valence-electron chi connectivity index (χ2n) is 3.69. The van der Waals surface area contributed by atoms with Gasteiger partial charge in [0.1, 0.15) is 0 Å². The van der Waals surface area contributed by atoms with Crippen molar-refractivity contribution in [3.8, 4) is 0 Å². The van der Waals surface area contributed by atoms with Crippen LogP contribution in [0.2, 0.25) is 5.02 Å². The summed E-state index contributed by atoms with van der Waals surface area (Å²) < 4.78 is 0. The number of aliphatic hydroxyl groups is 1. The van der Waals surface area contributed by atoms with Crippen LogP contribution < -0.4 is 5.32 Å². The van der Waals surface area contributed by atoms with Gasteiger partial charge in [0.05, 0.1) is 16.4 Å². The number of hydrogen-bond donors (Lipinski definition) is 2. The molecule has 1 heterocycles. The third-order valence-corrected chi connectivity index (χ3v) is 3.04. The van der Waals surface area contributed by atoms with Crippen molar-refractivity contribution in [3.63, 3.8) is 0 Å². The molecule has 4 heteroatoms. The van der Waals surface area contributed by atoms with E-state index in [1.807, 2.05) is 13.0 Å². The number of aryl methyl sites for hydroxylation is 1. The number of anilines is 1. The SMILES string of the molecule is Cc1nccc(NC2CC2CO)c1Cl. The van der Waals surface area contributed by atoms with Crippen LogP contribution >= 0.6 is 11.6 Å². The molecule has 1 fully saturated rings. The van der Waals surface area contributed by atoms with Crippen molar-refractivity contribution < 1.29 is 5.11 Å². The van der Waals surface area contributed by atoms with E-state index in [0.717, 1.165) is 17.8 Å². The van der Waals surface area contributed by atoms with Crippen molar-refractivity contribution in [2.75, 3.05) is 11.9 Å². The van der Waals surface area contributed by atoms with Crippen LogP contribution in [0.1, 0.15) is 12.1 Å². The molecule has 0 aliphatic heterocycles. The van der Waals surface area contributed by atoms with E-state index in [-0.39, 0.29) is 6.61 Å². The molecular formula is C10H13ClN2O. The molecule has 2 rings (SSSR count). The number of nitrogens with one attached hydrogen (secondary N) is 1. The third kappa shape index (κ3) is 1.83. The molecule has 1 saturated carbocycles. The summed E-state index contributed by atoms with van der Waals surface area (Å²) in [6, 6.07) is 2.24. The van der Waals surface area contributed by atoms with Gasteiger partial charge >= 0.3 is 0 Å². The molecule has 3 nitrogen and oxygen atoms in total. The Morgan fingerprint density at radius 3 is 3.14 bits per heavy atom. The van der Waals surface area contributed by atoms with Gasteiger partial charge in [0.25, 0.3) is 0 Å². The summed E-state index contributed by atoms with van der Waals surface area (Å²) in [6.45, 7) is 2.13. The molecule has 2 atom stereocenters. The Morgan fingerprint density at radius 1 is 1.71 bits per heavy atom. The van der Waals surface area contributed by atoms with E-state index < -0.39 is 0 Å². The summed E-state index contributed by atoms with van der Waals surface area (Å²) in [5.41, 5.74) is 1.75. The van der Waals surface area contributed by atoms with Gasteiger partial charge in [-0.25, -0.2) is 0 Å². The van der Waals surface area contributed by atoms with Crippen LogP contribution in [0.25, 0.3) is 0 Å². The standard InChI is InChI=1S/C10H13ClN2O/c1-6-10(11)8(2-3-12-6)13-9-4-7(9)5-14/h2-3,7,9,14H,4-5H2,1H3,(H,12,13). The zero-order valence-electron chi connectivity index (χ0n) is 8.00.